The SMILES string of the molecule is CCCC(NS(=O)(=O)CCC(C)(C)C)C(N)=NO. The molecule has 0 bridgehead atoms. The van der Waals surface area contributed by atoms with Gasteiger partial charge >= 0.3 is 0 Å². The number of nitrogens with zero attached hydrogens (tertiary/aromatic N) is 1. The summed E-state index contributed by atoms with van der Waals surface area (Å²) in [6, 6.07) is -0.634. The molecule has 7 heteroatoms. The van der Waals surface area contributed by atoms with E-state index < -0.39 is 16.1 Å². The van der Waals surface area contributed by atoms with Crippen LogP contribution < -0.4 is 10.5 Å². The number of sulfonamides is 1. The Morgan fingerprint density at radius 3 is 2.39 bits per heavy atom. The van der Waals surface area contributed by atoms with E-state index in [4.69, 9.17) is 10.9 Å². The smallest absolute Gasteiger partial charge is 0.212 e. The fourth-order valence-corrected chi connectivity index (χ4v) is 3.01. The van der Waals surface area contributed by atoms with Gasteiger partial charge in [0, 0.05) is 0 Å². The van der Waals surface area contributed by atoms with Crippen molar-refractivity contribution in [2.24, 2.45) is 16.3 Å². The van der Waals surface area contributed by atoms with Crippen LogP contribution in [0.4, 0.5) is 0 Å². The fourth-order valence-electron chi connectivity index (χ4n) is 1.34. The number of hydrogen-bond donors (Lipinski definition) is 3. The number of nitrogens with one attached hydrogen (secondary N) is 1. The highest BCUT2D eigenvalue weighted by atomic mass is 32.2. The minimum Gasteiger partial charge on any atom is -0.409 e. The monoisotopic (exact) mass is 279 g/mol. The fraction of sp³-hybridized carbons (Fsp3) is 0.909. The van der Waals surface area contributed by atoms with E-state index in [9.17, 15) is 8.42 Å². The first-order chi connectivity index (χ1) is 8.11. The molecule has 0 saturated heterocycles. The lowest BCUT2D eigenvalue weighted by molar-refractivity contribution is 0.315. The quantitative estimate of drug-likeness (QED) is 0.282. The predicted octanol–water partition coefficient (Wildman–Crippen LogP) is 1.26. The minimum absolute atomic E-state index is 0.0371. The van der Waals surface area contributed by atoms with E-state index in [2.05, 4.69) is 9.88 Å². The maximum atomic E-state index is 11.9. The summed E-state index contributed by atoms with van der Waals surface area (Å²) in [5.74, 6) is -0.0636. The van der Waals surface area contributed by atoms with Crippen molar-refractivity contribution < 1.29 is 13.6 Å². The zero-order chi connectivity index (χ0) is 14.4. The Morgan fingerprint density at radius 1 is 1.44 bits per heavy atom. The first-order valence-corrected chi connectivity index (χ1v) is 7.74. The average molecular weight is 279 g/mol. The van der Waals surface area contributed by atoms with Gasteiger partial charge in [-0.2, -0.15) is 0 Å². The van der Waals surface area contributed by atoms with Crippen molar-refractivity contribution in [3.05, 3.63) is 0 Å². The molecule has 0 aromatic rings. The van der Waals surface area contributed by atoms with E-state index in [0.29, 0.717) is 12.8 Å². The maximum Gasteiger partial charge on any atom is 0.212 e. The topological polar surface area (TPSA) is 105 Å². The van der Waals surface area contributed by atoms with Crippen molar-refractivity contribution in [3.8, 4) is 0 Å². The van der Waals surface area contributed by atoms with Crippen LogP contribution in [0.15, 0.2) is 5.16 Å². The molecule has 0 saturated carbocycles. The van der Waals surface area contributed by atoms with Crippen molar-refractivity contribution in [2.45, 2.75) is 53.0 Å². The number of amidine groups is 1. The highest BCUT2D eigenvalue weighted by molar-refractivity contribution is 7.89. The first kappa shape index (κ1) is 17.2. The van der Waals surface area contributed by atoms with Gasteiger partial charge in [0.15, 0.2) is 5.84 Å². The zero-order valence-corrected chi connectivity index (χ0v) is 12.4. The molecule has 108 valence electrons. The van der Waals surface area contributed by atoms with E-state index in [1.165, 1.54) is 0 Å². The Balaban J connectivity index is 4.62. The summed E-state index contributed by atoms with van der Waals surface area (Å²) < 4.78 is 26.2. The molecular weight excluding hydrogens is 254 g/mol. The van der Waals surface area contributed by atoms with Crippen molar-refractivity contribution in [1.82, 2.24) is 4.72 Å². The maximum absolute atomic E-state index is 11.9. The van der Waals surface area contributed by atoms with E-state index in [-0.39, 0.29) is 17.0 Å². The van der Waals surface area contributed by atoms with Crippen LogP contribution >= 0.6 is 0 Å². The molecule has 0 aliphatic rings. The Morgan fingerprint density at radius 2 is 2.00 bits per heavy atom. The molecule has 0 amide bonds. The molecule has 0 aromatic carbocycles. The third-order valence-electron chi connectivity index (χ3n) is 2.49. The van der Waals surface area contributed by atoms with Crippen molar-refractivity contribution in [1.29, 1.82) is 0 Å². The van der Waals surface area contributed by atoms with Gasteiger partial charge in [-0.1, -0.05) is 39.3 Å². The average Bonchev–Trinajstić information content (AvgIpc) is 2.24. The molecule has 4 N–H and O–H groups in total. The molecular formula is C11H25N3O3S. The van der Waals surface area contributed by atoms with E-state index in [1.54, 1.807) is 0 Å². The Hall–Kier alpha value is -0.820. The predicted molar refractivity (Wildman–Crippen MR) is 73.1 cm³/mol. The van der Waals surface area contributed by atoms with Gasteiger partial charge in [0.1, 0.15) is 0 Å². The van der Waals surface area contributed by atoms with Gasteiger partial charge in [0.25, 0.3) is 0 Å². The molecule has 1 atom stereocenters. The van der Waals surface area contributed by atoms with Gasteiger partial charge in [-0.25, -0.2) is 13.1 Å². The second kappa shape index (κ2) is 6.94. The summed E-state index contributed by atoms with van der Waals surface area (Å²) in [7, 11) is -3.41. The molecule has 0 heterocycles. The Labute approximate surface area is 110 Å². The highest BCUT2D eigenvalue weighted by Gasteiger charge is 2.22. The van der Waals surface area contributed by atoms with Crippen LogP contribution in [-0.2, 0) is 10.0 Å². The third-order valence-corrected chi connectivity index (χ3v) is 3.88. The van der Waals surface area contributed by atoms with Gasteiger partial charge in [-0.05, 0) is 18.3 Å². The summed E-state index contributed by atoms with van der Waals surface area (Å²) >= 11 is 0. The highest BCUT2D eigenvalue weighted by Crippen LogP contribution is 2.19. The summed E-state index contributed by atoms with van der Waals surface area (Å²) in [6.07, 6.45) is 1.80. The van der Waals surface area contributed by atoms with Crippen LogP contribution in [0.1, 0.15) is 47.0 Å². The minimum atomic E-state index is -3.41. The lowest BCUT2D eigenvalue weighted by Gasteiger charge is -2.20. The summed E-state index contributed by atoms with van der Waals surface area (Å²) in [5, 5.41) is 11.5. The van der Waals surface area contributed by atoms with E-state index >= 15 is 0 Å². The summed E-state index contributed by atoms with van der Waals surface area (Å²) in [6.45, 7) is 7.85. The summed E-state index contributed by atoms with van der Waals surface area (Å²) in [5.41, 5.74) is 5.42. The van der Waals surface area contributed by atoms with Crippen molar-refractivity contribution in [3.63, 3.8) is 0 Å². The Kier molecular flexibility index (Phi) is 6.62. The molecule has 0 radical (unpaired) electrons. The second-order valence-corrected chi connectivity index (χ2v) is 7.49. The molecule has 0 aliphatic heterocycles. The Bertz CT molecular complexity index is 371. The second-order valence-electron chi connectivity index (χ2n) is 5.61. The molecule has 0 fully saturated rings. The first-order valence-electron chi connectivity index (χ1n) is 6.08. The van der Waals surface area contributed by atoms with Gasteiger partial charge in [0.2, 0.25) is 10.0 Å². The lowest BCUT2D eigenvalue weighted by Crippen LogP contribution is -2.45. The van der Waals surface area contributed by atoms with Crippen LogP contribution in [0.25, 0.3) is 0 Å². The van der Waals surface area contributed by atoms with Crippen LogP contribution in [-0.4, -0.2) is 31.3 Å². The summed E-state index contributed by atoms with van der Waals surface area (Å²) in [4.78, 5) is 0. The largest absolute Gasteiger partial charge is 0.409 e. The molecule has 0 aliphatic carbocycles. The molecule has 0 rings (SSSR count). The molecule has 6 nitrogen and oxygen atoms in total. The van der Waals surface area contributed by atoms with Crippen LogP contribution in [0.5, 0.6) is 0 Å². The van der Waals surface area contributed by atoms with Crippen LogP contribution in [0.3, 0.4) is 0 Å². The number of rotatable bonds is 7. The van der Waals surface area contributed by atoms with Crippen molar-refractivity contribution in [2.75, 3.05) is 5.75 Å². The molecule has 0 aromatic heterocycles. The normalized spacial score (nSPS) is 15.7. The zero-order valence-electron chi connectivity index (χ0n) is 11.6. The third kappa shape index (κ3) is 7.50. The molecule has 1 unspecified atom stereocenters. The standard InChI is InChI=1S/C11H25N3O3S/c1-5-6-9(10(12)13-15)14-18(16,17)8-7-11(2,3)4/h9,14-15H,5-8H2,1-4H3,(H2,12,13). The van der Waals surface area contributed by atoms with Gasteiger partial charge in [-0.3, -0.25) is 0 Å². The van der Waals surface area contributed by atoms with Crippen molar-refractivity contribution >= 4 is 15.9 Å². The number of oxime groups is 1. The van der Waals surface area contributed by atoms with E-state index in [1.807, 2.05) is 27.7 Å². The van der Waals surface area contributed by atoms with Gasteiger partial charge in [-0.15, -0.1) is 0 Å². The number of hydrogen-bond acceptors (Lipinski definition) is 4. The molecule has 0 spiro atoms. The lowest BCUT2D eigenvalue weighted by atomic mass is 9.94. The van der Waals surface area contributed by atoms with Crippen LogP contribution in [0, 0.1) is 5.41 Å². The van der Waals surface area contributed by atoms with Crippen LogP contribution in [0.2, 0.25) is 0 Å². The molecule has 18 heavy (non-hydrogen) atoms. The van der Waals surface area contributed by atoms with Gasteiger partial charge in [0.05, 0.1) is 11.8 Å². The van der Waals surface area contributed by atoms with Gasteiger partial charge < -0.3 is 10.9 Å². The van der Waals surface area contributed by atoms with E-state index in [0.717, 1.165) is 6.42 Å². The number of nitrogens with two attached hydrogens (primary N) is 1.